The molecule has 0 saturated carbocycles. The molecule has 4 nitrogen and oxygen atoms in total. The number of fused-ring (bicyclic) bond motifs is 1. The highest BCUT2D eigenvalue weighted by atomic mass is 19.1. The Hall–Kier alpha value is -2.27. The van der Waals surface area contributed by atoms with E-state index in [0.29, 0.717) is 5.92 Å². The standard InChI is InChI=1S/C19H21FN4/c1-23-17-3-2-10-21-19(17)22-18(23)13-24-11-8-15(9-12-24)14-4-6-16(20)7-5-14/h2-7,10,15H,8-9,11-13H2,1H3. The molecule has 0 N–H and O–H groups in total. The van der Waals surface area contributed by atoms with Gasteiger partial charge in [0.25, 0.3) is 0 Å². The third-order valence-electron chi connectivity index (χ3n) is 5.04. The van der Waals surface area contributed by atoms with Crippen molar-refractivity contribution >= 4 is 11.2 Å². The Bertz CT molecular complexity index is 832. The molecule has 0 atom stereocenters. The van der Waals surface area contributed by atoms with E-state index in [0.717, 1.165) is 49.5 Å². The van der Waals surface area contributed by atoms with Crippen LogP contribution < -0.4 is 0 Å². The van der Waals surface area contributed by atoms with Crippen molar-refractivity contribution in [3.63, 3.8) is 0 Å². The number of rotatable bonds is 3. The molecule has 1 aliphatic rings. The lowest BCUT2D eigenvalue weighted by atomic mass is 9.89. The van der Waals surface area contributed by atoms with Crippen LogP contribution in [0.3, 0.4) is 0 Å². The molecule has 0 amide bonds. The maximum absolute atomic E-state index is 13.1. The van der Waals surface area contributed by atoms with E-state index in [1.54, 1.807) is 18.3 Å². The third-order valence-corrected chi connectivity index (χ3v) is 5.04. The predicted molar refractivity (Wildman–Crippen MR) is 92.2 cm³/mol. The van der Waals surface area contributed by atoms with Gasteiger partial charge in [0.05, 0.1) is 12.1 Å². The highest BCUT2D eigenvalue weighted by molar-refractivity contribution is 5.71. The highest BCUT2D eigenvalue weighted by Crippen LogP contribution is 2.28. The van der Waals surface area contributed by atoms with Crippen LogP contribution in [0.15, 0.2) is 42.6 Å². The molecule has 0 aliphatic carbocycles. The quantitative estimate of drug-likeness (QED) is 0.739. The number of likely N-dealkylation sites (tertiary alicyclic amines) is 1. The molecule has 0 unspecified atom stereocenters. The number of benzene rings is 1. The molecular weight excluding hydrogens is 303 g/mol. The fourth-order valence-electron chi connectivity index (χ4n) is 3.57. The number of imidazole rings is 1. The summed E-state index contributed by atoms with van der Waals surface area (Å²) in [6.45, 7) is 2.93. The molecular formula is C19H21FN4. The number of pyridine rings is 1. The van der Waals surface area contributed by atoms with Crippen LogP contribution in [-0.2, 0) is 13.6 Å². The molecule has 0 spiro atoms. The molecule has 5 heteroatoms. The molecule has 1 aliphatic heterocycles. The Balaban J connectivity index is 1.42. The summed E-state index contributed by atoms with van der Waals surface area (Å²) in [4.78, 5) is 11.4. The minimum absolute atomic E-state index is 0.161. The van der Waals surface area contributed by atoms with E-state index in [9.17, 15) is 4.39 Å². The van der Waals surface area contributed by atoms with Gasteiger partial charge in [0, 0.05) is 13.2 Å². The van der Waals surface area contributed by atoms with E-state index in [1.807, 2.05) is 18.2 Å². The Morgan fingerprint density at radius 1 is 1.12 bits per heavy atom. The summed E-state index contributed by atoms with van der Waals surface area (Å²) in [5, 5.41) is 0. The Morgan fingerprint density at radius 3 is 2.58 bits per heavy atom. The van der Waals surface area contributed by atoms with Crippen molar-refractivity contribution in [3.8, 4) is 0 Å². The Kier molecular flexibility index (Phi) is 4.02. The average molecular weight is 324 g/mol. The predicted octanol–water partition coefficient (Wildman–Crippen LogP) is 3.49. The number of nitrogens with zero attached hydrogens (tertiary/aromatic N) is 4. The second kappa shape index (κ2) is 6.32. The molecule has 124 valence electrons. The fourth-order valence-corrected chi connectivity index (χ4v) is 3.57. The number of aromatic nitrogens is 3. The van der Waals surface area contributed by atoms with Gasteiger partial charge in [-0.05, 0) is 61.7 Å². The molecule has 0 radical (unpaired) electrons. The number of piperidine rings is 1. The summed E-state index contributed by atoms with van der Waals surface area (Å²) >= 11 is 0. The lowest BCUT2D eigenvalue weighted by Crippen LogP contribution is -2.33. The fraction of sp³-hybridized carbons (Fsp3) is 0.368. The number of aryl methyl sites for hydroxylation is 1. The van der Waals surface area contributed by atoms with E-state index in [4.69, 9.17) is 0 Å². The van der Waals surface area contributed by atoms with Crippen molar-refractivity contribution in [3.05, 3.63) is 59.8 Å². The Morgan fingerprint density at radius 2 is 1.88 bits per heavy atom. The minimum Gasteiger partial charge on any atom is -0.329 e. The summed E-state index contributed by atoms with van der Waals surface area (Å²) < 4.78 is 15.2. The van der Waals surface area contributed by atoms with Crippen LogP contribution >= 0.6 is 0 Å². The molecule has 3 aromatic rings. The maximum atomic E-state index is 13.1. The molecule has 3 heterocycles. The lowest BCUT2D eigenvalue weighted by Gasteiger charge is -2.31. The zero-order valence-electron chi connectivity index (χ0n) is 13.8. The molecule has 1 saturated heterocycles. The molecule has 24 heavy (non-hydrogen) atoms. The first-order valence-electron chi connectivity index (χ1n) is 8.45. The van der Waals surface area contributed by atoms with Crippen molar-refractivity contribution in [2.75, 3.05) is 13.1 Å². The van der Waals surface area contributed by atoms with E-state index in [1.165, 1.54) is 5.56 Å². The molecule has 4 rings (SSSR count). The molecule has 1 fully saturated rings. The number of hydrogen-bond donors (Lipinski definition) is 0. The van der Waals surface area contributed by atoms with Gasteiger partial charge >= 0.3 is 0 Å². The van der Waals surface area contributed by atoms with Gasteiger partial charge in [0.1, 0.15) is 11.6 Å². The third kappa shape index (κ3) is 2.91. The maximum Gasteiger partial charge on any atom is 0.177 e. The topological polar surface area (TPSA) is 34.0 Å². The van der Waals surface area contributed by atoms with Crippen LogP contribution in [0.4, 0.5) is 4.39 Å². The lowest BCUT2D eigenvalue weighted by molar-refractivity contribution is 0.199. The monoisotopic (exact) mass is 324 g/mol. The van der Waals surface area contributed by atoms with Gasteiger partial charge in [-0.2, -0.15) is 0 Å². The number of hydrogen-bond acceptors (Lipinski definition) is 3. The van der Waals surface area contributed by atoms with Crippen LogP contribution in [0.25, 0.3) is 11.2 Å². The van der Waals surface area contributed by atoms with Gasteiger partial charge in [0.15, 0.2) is 5.65 Å². The second-order valence-electron chi connectivity index (χ2n) is 6.54. The van der Waals surface area contributed by atoms with Gasteiger partial charge < -0.3 is 4.57 Å². The van der Waals surface area contributed by atoms with E-state index >= 15 is 0 Å². The SMILES string of the molecule is Cn1c(CN2CCC(c3ccc(F)cc3)CC2)nc2ncccc21. The molecule has 1 aromatic carbocycles. The summed E-state index contributed by atoms with van der Waals surface area (Å²) in [6.07, 6.45) is 3.99. The smallest absolute Gasteiger partial charge is 0.177 e. The summed E-state index contributed by atoms with van der Waals surface area (Å²) in [6, 6.07) is 11.0. The van der Waals surface area contributed by atoms with Gasteiger partial charge in [-0.25, -0.2) is 14.4 Å². The largest absolute Gasteiger partial charge is 0.329 e. The van der Waals surface area contributed by atoms with Crippen LogP contribution in [0.5, 0.6) is 0 Å². The highest BCUT2D eigenvalue weighted by Gasteiger charge is 2.22. The summed E-state index contributed by atoms with van der Waals surface area (Å²) in [5.41, 5.74) is 3.15. The van der Waals surface area contributed by atoms with E-state index < -0.39 is 0 Å². The van der Waals surface area contributed by atoms with Crippen molar-refractivity contribution in [2.24, 2.45) is 7.05 Å². The average Bonchev–Trinajstić information content (AvgIpc) is 2.93. The van der Waals surface area contributed by atoms with Crippen molar-refractivity contribution < 1.29 is 4.39 Å². The first-order valence-corrected chi connectivity index (χ1v) is 8.45. The minimum atomic E-state index is -0.161. The zero-order valence-corrected chi connectivity index (χ0v) is 13.8. The van der Waals surface area contributed by atoms with E-state index in [-0.39, 0.29) is 5.82 Å². The normalized spacial score (nSPS) is 16.8. The summed E-state index contributed by atoms with van der Waals surface area (Å²) in [5.74, 6) is 1.43. The zero-order chi connectivity index (χ0) is 16.5. The van der Waals surface area contributed by atoms with Gasteiger partial charge in [0.2, 0.25) is 0 Å². The van der Waals surface area contributed by atoms with Crippen molar-refractivity contribution in [1.29, 1.82) is 0 Å². The van der Waals surface area contributed by atoms with E-state index in [2.05, 4.69) is 32.5 Å². The second-order valence-corrected chi connectivity index (χ2v) is 6.54. The first-order chi connectivity index (χ1) is 11.7. The molecule has 2 aromatic heterocycles. The van der Waals surface area contributed by atoms with Crippen LogP contribution in [0.2, 0.25) is 0 Å². The van der Waals surface area contributed by atoms with Gasteiger partial charge in [-0.3, -0.25) is 4.90 Å². The first kappa shape index (κ1) is 15.3. The number of halogens is 1. The van der Waals surface area contributed by atoms with Crippen molar-refractivity contribution in [2.45, 2.75) is 25.3 Å². The van der Waals surface area contributed by atoms with Crippen LogP contribution in [0.1, 0.15) is 30.1 Å². The van der Waals surface area contributed by atoms with Crippen LogP contribution in [0, 0.1) is 5.82 Å². The van der Waals surface area contributed by atoms with Crippen LogP contribution in [-0.4, -0.2) is 32.5 Å². The van der Waals surface area contributed by atoms with Crippen molar-refractivity contribution in [1.82, 2.24) is 19.4 Å². The van der Waals surface area contributed by atoms with Gasteiger partial charge in [-0.1, -0.05) is 12.1 Å². The Labute approximate surface area is 141 Å². The molecule has 0 bridgehead atoms. The van der Waals surface area contributed by atoms with Gasteiger partial charge in [-0.15, -0.1) is 0 Å². The summed E-state index contributed by atoms with van der Waals surface area (Å²) in [7, 11) is 2.05.